The van der Waals surface area contributed by atoms with Crippen LogP contribution in [0.25, 0.3) is 21.8 Å². The second-order valence-electron chi connectivity index (χ2n) is 5.57. The molecule has 2 aromatic carbocycles. The van der Waals surface area contributed by atoms with Gasteiger partial charge in [-0.2, -0.15) is 0 Å². The summed E-state index contributed by atoms with van der Waals surface area (Å²) >= 11 is 17.4. The lowest BCUT2D eigenvalue weighted by Crippen LogP contribution is -2.04. The number of aromatic nitrogens is 2. The highest BCUT2D eigenvalue weighted by Crippen LogP contribution is 2.35. The number of hydrogen-bond acceptors (Lipinski definition) is 3. The largest absolute Gasteiger partial charge is 0.504 e. The molecule has 2 heterocycles. The molecular weight excluding hydrogens is 395 g/mol. The molecule has 0 spiro atoms. The molecule has 0 atom stereocenters. The quantitative estimate of drug-likeness (QED) is 0.391. The molecule has 0 unspecified atom stereocenters. The van der Waals surface area contributed by atoms with Gasteiger partial charge in [-0.1, -0.05) is 53.0 Å². The third-order valence-electron chi connectivity index (χ3n) is 3.70. The van der Waals surface area contributed by atoms with Crippen molar-refractivity contribution in [2.75, 3.05) is 0 Å². The molecule has 4 aromatic rings. The number of nitrogens with one attached hydrogen (secondary N) is 1. The van der Waals surface area contributed by atoms with E-state index in [-0.39, 0.29) is 21.4 Å². The molecule has 26 heavy (non-hydrogen) atoms. The number of aryl methyl sites for hydroxylation is 1. The SMILES string of the molecule is Cc1ccc2c(Cl)cc(Cl)c(O)c2n1.O=c1[nH]c2ccccc2cc1Cl. The summed E-state index contributed by atoms with van der Waals surface area (Å²) < 4.78 is 0. The average molecular weight is 408 g/mol. The van der Waals surface area contributed by atoms with Gasteiger partial charge in [0.05, 0.1) is 10.0 Å². The predicted octanol–water partition coefficient (Wildman–Crippen LogP) is 5.74. The first-order chi connectivity index (χ1) is 12.4. The Morgan fingerprint density at radius 1 is 0.962 bits per heavy atom. The highest BCUT2D eigenvalue weighted by atomic mass is 35.5. The van der Waals surface area contributed by atoms with E-state index in [1.807, 2.05) is 43.3 Å². The monoisotopic (exact) mass is 406 g/mol. The van der Waals surface area contributed by atoms with Crippen molar-refractivity contribution in [2.24, 2.45) is 0 Å². The normalized spacial score (nSPS) is 10.6. The van der Waals surface area contributed by atoms with Gasteiger partial charge in [-0.05, 0) is 42.6 Å². The number of pyridine rings is 2. The van der Waals surface area contributed by atoms with E-state index >= 15 is 0 Å². The number of halogens is 3. The molecule has 0 fully saturated rings. The zero-order valence-electron chi connectivity index (χ0n) is 13.6. The van der Waals surface area contributed by atoms with Gasteiger partial charge < -0.3 is 10.1 Å². The summed E-state index contributed by atoms with van der Waals surface area (Å²) in [5, 5.41) is 12.3. The lowest BCUT2D eigenvalue weighted by Gasteiger charge is -2.05. The van der Waals surface area contributed by atoms with Gasteiger partial charge in [0.1, 0.15) is 10.5 Å². The van der Waals surface area contributed by atoms with E-state index in [0.29, 0.717) is 15.9 Å². The van der Waals surface area contributed by atoms with Crippen LogP contribution in [0.2, 0.25) is 15.1 Å². The molecule has 132 valence electrons. The van der Waals surface area contributed by atoms with Crippen LogP contribution in [0, 0.1) is 6.92 Å². The van der Waals surface area contributed by atoms with Crippen LogP contribution in [0.4, 0.5) is 0 Å². The lowest BCUT2D eigenvalue weighted by molar-refractivity contribution is 0.480. The zero-order valence-corrected chi connectivity index (χ0v) is 15.8. The molecule has 0 aliphatic rings. The van der Waals surface area contributed by atoms with E-state index in [0.717, 1.165) is 16.6 Å². The molecule has 4 nitrogen and oxygen atoms in total. The Bertz CT molecular complexity index is 1170. The number of aromatic amines is 1. The van der Waals surface area contributed by atoms with Crippen molar-refractivity contribution in [1.29, 1.82) is 0 Å². The minimum atomic E-state index is -0.240. The van der Waals surface area contributed by atoms with Crippen LogP contribution in [0.5, 0.6) is 5.75 Å². The van der Waals surface area contributed by atoms with E-state index in [4.69, 9.17) is 34.8 Å². The van der Waals surface area contributed by atoms with Gasteiger partial charge >= 0.3 is 0 Å². The number of para-hydroxylation sites is 1. The second kappa shape index (κ2) is 7.54. The van der Waals surface area contributed by atoms with E-state index in [1.165, 1.54) is 6.07 Å². The molecule has 0 amide bonds. The first kappa shape index (κ1) is 18.5. The topological polar surface area (TPSA) is 66.0 Å². The maximum atomic E-state index is 11.0. The lowest BCUT2D eigenvalue weighted by atomic mass is 10.2. The number of nitrogens with zero attached hydrogens (tertiary/aromatic N) is 1. The standard InChI is InChI=1S/C10H7Cl2NO.C9H6ClNO/c1-5-2-3-6-7(11)4-8(12)10(14)9(6)13-5;10-7-5-6-3-1-2-4-8(6)11-9(7)12/h2-4,14H,1H3;1-5H,(H,11,12). The molecule has 4 rings (SSSR count). The van der Waals surface area contributed by atoms with Crippen LogP contribution < -0.4 is 5.56 Å². The first-order valence-corrected chi connectivity index (χ1v) is 8.72. The van der Waals surface area contributed by atoms with Crippen molar-refractivity contribution in [3.63, 3.8) is 0 Å². The Morgan fingerprint density at radius 3 is 2.46 bits per heavy atom. The maximum Gasteiger partial charge on any atom is 0.267 e. The van der Waals surface area contributed by atoms with E-state index in [2.05, 4.69) is 9.97 Å². The minimum Gasteiger partial charge on any atom is -0.504 e. The summed E-state index contributed by atoms with van der Waals surface area (Å²) in [5.74, 6) is -0.0187. The van der Waals surface area contributed by atoms with Gasteiger partial charge in [-0.3, -0.25) is 4.79 Å². The van der Waals surface area contributed by atoms with E-state index in [1.54, 1.807) is 6.07 Å². The van der Waals surface area contributed by atoms with Gasteiger partial charge in [-0.25, -0.2) is 4.98 Å². The molecule has 0 saturated heterocycles. The highest BCUT2D eigenvalue weighted by molar-refractivity contribution is 6.39. The van der Waals surface area contributed by atoms with Crippen molar-refractivity contribution in [3.8, 4) is 5.75 Å². The summed E-state index contributed by atoms with van der Waals surface area (Å²) in [6.07, 6.45) is 0. The fourth-order valence-corrected chi connectivity index (χ4v) is 3.10. The molecule has 0 radical (unpaired) electrons. The Labute approximate surface area is 164 Å². The number of hydrogen-bond donors (Lipinski definition) is 2. The number of benzene rings is 2. The van der Waals surface area contributed by atoms with Gasteiger partial charge in [0, 0.05) is 16.6 Å². The van der Waals surface area contributed by atoms with Crippen LogP contribution in [-0.2, 0) is 0 Å². The van der Waals surface area contributed by atoms with Gasteiger partial charge in [-0.15, -0.1) is 0 Å². The van der Waals surface area contributed by atoms with Crippen LogP contribution >= 0.6 is 34.8 Å². The number of fused-ring (bicyclic) bond motifs is 2. The average Bonchev–Trinajstić information content (AvgIpc) is 2.61. The third-order valence-corrected chi connectivity index (χ3v) is 4.59. The van der Waals surface area contributed by atoms with Gasteiger partial charge in [0.25, 0.3) is 5.56 Å². The smallest absolute Gasteiger partial charge is 0.267 e. The van der Waals surface area contributed by atoms with Crippen molar-refractivity contribution in [1.82, 2.24) is 9.97 Å². The van der Waals surface area contributed by atoms with Crippen molar-refractivity contribution in [2.45, 2.75) is 6.92 Å². The molecule has 0 aliphatic carbocycles. The maximum absolute atomic E-state index is 11.0. The van der Waals surface area contributed by atoms with Crippen molar-refractivity contribution in [3.05, 3.63) is 79.6 Å². The van der Waals surface area contributed by atoms with Crippen molar-refractivity contribution < 1.29 is 5.11 Å². The Balaban J connectivity index is 0.000000152. The zero-order chi connectivity index (χ0) is 18.8. The molecule has 0 saturated carbocycles. The van der Waals surface area contributed by atoms with Crippen LogP contribution in [-0.4, -0.2) is 15.1 Å². The second-order valence-corrected chi connectivity index (χ2v) is 6.79. The fraction of sp³-hybridized carbons (Fsp3) is 0.0526. The Morgan fingerprint density at radius 2 is 1.69 bits per heavy atom. The Hall–Kier alpha value is -2.27. The summed E-state index contributed by atoms with van der Waals surface area (Å²) in [7, 11) is 0. The third kappa shape index (κ3) is 3.78. The number of aromatic hydroxyl groups is 1. The predicted molar refractivity (Wildman–Crippen MR) is 108 cm³/mol. The number of phenolic OH excluding ortho intramolecular Hbond substituents is 1. The van der Waals surface area contributed by atoms with E-state index in [9.17, 15) is 9.90 Å². The van der Waals surface area contributed by atoms with Crippen molar-refractivity contribution >= 4 is 56.6 Å². The molecule has 0 aliphatic heterocycles. The molecular formula is C19H13Cl3N2O2. The molecule has 0 bridgehead atoms. The molecule has 7 heteroatoms. The molecule has 2 N–H and O–H groups in total. The van der Waals surface area contributed by atoms with Crippen LogP contribution in [0.15, 0.2) is 53.3 Å². The van der Waals surface area contributed by atoms with Crippen LogP contribution in [0.3, 0.4) is 0 Å². The Kier molecular flexibility index (Phi) is 5.37. The number of H-pyrrole nitrogens is 1. The first-order valence-electron chi connectivity index (χ1n) is 7.58. The number of phenols is 1. The number of rotatable bonds is 0. The van der Waals surface area contributed by atoms with Gasteiger partial charge in [0.2, 0.25) is 0 Å². The summed E-state index contributed by atoms with van der Waals surface area (Å²) in [5.41, 5.74) is 1.83. The summed E-state index contributed by atoms with van der Waals surface area (Å²) in [6.45, 7) is 1.84. The van der Waals surface area contributed by atoms with Gasteiger partial charge in [0.15, 0.2) is 5.75 Å². The molecule has 2 aromatic heterocycles. The summed E-state index contributed by atoms with van der Waals surface area (Å²) in [4.78, 5) is 17.9. The highest BCUT2D eigenvalue weighted by Gasteiger charge is 2.09. The van der Waals surface area contributed by atoms with Crippen LogP contribution in [0.1, 0.15) is 5.69 Å². The van der Waals surface area contributed by atoms with E-state index < -0.39 is 0 Å². The summed E-state index contributed by atoms with van der Waals surface area (Å²) in [6, 6.07) is 14.3. The fourth-order valence-electron chi connectivity index (χ4n) is 2.42. The minimum absolute atomic E-state index is 0.0187.